The van der Waals surface area contributed by atoms with Crippen molar-refractivity contribution >= 4 is 46.8 Å². The lowest BCUT2D eigenvalue weighted by atomic mass is 9.96. The average molecular weight is 490 g/mol. The first-order valence-corrected chi connectivity index (χ1v) is 11.0. The number of anilines is 2. The molecule has 3 aromatic rings. The molecule has 1 unspecified atom stereocenters. The van der Waals surface area contributed by atoms with Crippen molar-refractivity contribution in [2.75, 3.05) is 10.6 Å². The monoisotopic (exact) mass is 490 g/mol. The number of urea groups is 1. The zero-order chi connectivity index (χ0) is 26.1. The van der Waals surface area contributed by atoms with Gasteiger partial charge >= 0.3 is 12.0 Å². The van der Waals surface area contributed by atoms with Crippen LogP contribution in [0.5, 0.6) is 0 Å². The molecule has 0 bridgehead atoms. The van der Waals surface area contributed by atoms with E-state index in [-0.39, 0.29) is 11.5 Å². The van der Waals surface area contributed by atoms with Gasteiger partial charge in [-0.25, -0.2) is 9.18 Å². The van der Waals surface area contributed by atoms with Crippen molar-refractivity contribution in [3.63, 3.8) is 0 Å². The number of fused-ring (bicyclic) bond motifs is 1. The number of imide groups is 1. The first-order valence-electron chi connectivity index (χ1n) is 11.0. The number of carbonyl (C=O) groups excluding carboxylic acids is 3. The van der Waals surface area contributed by atoms with Gasteiger partial charge in [0, 0.05) is 22.6 Å². The Morgan fingerprint density at radius 1 is 1.11 bits per heavy atom. The Morgan fingerprint density at radius 2 is 1.83 bits per heavy atom. The topological polar surface area (TPSA) is 140 Å². The van der Waals surface area contributed by atoms with Crippen LogP contribution in [-0.4, -0.2) is 33.9 Å². The van der Waals surface area contributed by atoms with Gasteiger partial charge in [0.2, 0.25) is 0 Å². The molecule has 4 amide bonds. The van der Waals surface area contributed by atoms with Crippen molar-refractivity contribution in [3.05, 3.63) is 81.9 Å². The number of rotatable bonds is 5. The Bertz CT molecular complexity index is 1460. The van der Waals surface area contributed by atoms with Gasteiger partial charge in [0.15, 0.2) is 0 Å². The smallest absolute Gasteiger partial charge is 0.326 e. The predicted molar refractivity (Wildman–Crippen MR) is 132 cm³/mol. The molecule has 9 nitrogen and oxygen atoms in total. The Hall–Kier alpha value is -4.73. The standard InChI is InChI=1S/C26H23FN4O5/c1-12-20(28-14(3)22(12)13(2)25(34)35)11-18-16-9-8-15(10-21(16)30-24(18)33)29-26(36)31-23(32)17-6-4-5-7-19(17)27/h4-11,13,28H,1-3H3,(H,30,33)(H,34,35)(H2,29,31,32,36). The highest BCUT2D eigenvalue weighted by Gasteiger charge is 2.27. The van der Waals surface area contributed by atoms with Crippen LogP contribution in [0.2, 0.25) is 0 Å². The van der Waals surface area contributed by atoms with Crippen LogP contribution in [0.3, 0.4) is 0 Å². The lowest BCUT2D eigenvalue weighted by Crippen LogP contribution is -2.34. The van der Waals surface area contributed by atoms with Gasteiger partial charge in [-0.2, -0.15) is 0 Å². The minimum absolute atomic E-state index is 0.264. The quantitative estimate of drug-likeness (QED) is 0.337. The third-order valence-electron chi connectivity index (χ3n) is 6.03. The number of benzene rings is 2. The van der Waals surface area contributed by atoms with Crippen molar-refractivity contribution in [3.8, 4) is 0 Å². The van der Waals surface area contributed by atoms with Gasteiger partial charge in [0.25, 0.3) is 11.8 Å². The zero-order valence-corrected chi connectivity index (χ0v) is 19.7. The number of H-pyrrole nitrogens is 1. The van der Waals surface area contributed by atoms with E-state index in [9.17, 15) is 28.7 Å². The fraction of sp³-hybridized carbons (Fsp3) is 0.154. The van der Waals surface area contributed by atoms with Crippen molar-refractivity contribution in [1.82, 2.24) is 10.3 Å². The van der Waals surface area contributed by atoms with Crippen molar-refractivity contribution < 1.29 is 28.7 Å². The Kier molecular flexibility index (Phi) is 6.43. The molecule has 1 aliphatic rings. The molecule has 1 atom stereocenters. The van der Waals surface area contributed by atoms with E-state index in [0.29, 0.717) is 39.5 Å². The molecule has 0 aliphatic carbocycles. The van der Waals surface area contributed by atoms with E-state index in [0.717, 1.165) is 11.6 Å². The summed E-state index contributed by atoms with van der Waals surface area (Å²) in [5.74, 6) is -3.65. The normalized spacial score (nSPS) is 14.2. The Morgan fingerprint density at radius 3 is 2.53 bits per heavy atom. The summed E-state index contributed by atoms with van der Waals surface area (Å²) in [5.41, 5.74) is 4.20. The highest BCUT2D eigenvalue weighted by Crippen LogP contribution is 2.36. The number of hydrogen-bond acceptors (Lipinski definition) is 4. The van der Waals surface area contributed by atoms with E-state index >= 15 is 0 Å². The van der Waals surface area contributed by atoms with Gasteiger partial charge in [0.05, 0.1) is 22.7 Å². The van der Waals surface area contributed by atoms with Crippen molar-refractivity contribution in [1.29, 1.82) is 0 Å². The molecule has 2 aromatic carbocycles. The first-order chi connectivity index (χ1) is 17.1. The number of aromatic amines is 1. The Labute approximate surface area is 205 Å². The second kappa shape index (κ2) is 9.49. The van der Waals surface area contributed by atoms with E-state index in [1.54, 1.807) is 39.0 Å². The summed E-state index contributed by atoms with van der Waals surface area (Å²) in [5, 5.41) is 16.7. The van der Waals surface area contributed by atoms with Gasteiger partial charge in [-0.3, -0.25) is 19.7 Å². The fourth-order valence-electron chi connectivity index (χ4n) is 4.24. The van der Waals surface area contributed by atoms with Crippen molar-refractivity contribution in [2.24, 2.45) is 0 Å². The number of amides is 4. The number of aromatic nitrogens is 1. The number of halogens is 1. The van der Waals surface area contributed by atoms with Crippen LogP contribution in [0.15, 0.2) is 42.5 Å². The number of aryl methyl sites for hydroxylation is 1. The van der Waals surface area contributed by atoms with Crippen LogP contribution < -0.4 is 16.0 Å². The van der Waals surface area contributed by atoms with Gasteiger partial charge in [-0.1, -0.05) is 18.2 Å². The predicted octanol–water partition coefficient (Wildman–Crippen LogP) is 4.41. The maximum absolute atomic E-state index is 13.8. The molecule has 1 aliphatic heterocycles. The van der Waals surface area contributed by atoms with Crippen LogP contribution in [0.25, 0.3) is 11.6 Å². The van der Waals surface area contributed by atoms with Crippen LogP contribution >= 0.6 is 0 Å². The molecule has 0 spiro atoms. The molecule has 2 heterocycles. The summed E-state index contributed by atoms with van der Waals surface area (Å²) in [6, 6.07) is 9.16. The van der Waals surface area contributed by atoms with Crippen LogP contribution in [0.4, 0.5) is 20.6 Å². The molecule has 1 aromatic heterocycles. The number of carboxylic acid groups (broad SMARTS) is 1. The molecule has 5 N–H and O–H groups in total. The average Bonchev–Trinajstić information content (AvgIpc) is 3.27. The van der Waals surface area contributed by atoms with E-state index in [1.807, 2.05) is 0 Å². The summed E-state index contributed by atoms with van der Waals surface area (Å²) in [6.45, 7) is 5.19. The molecular weight excluding hydrogens is 467 g/mol. The van der Waals surface area contributed by atoms with E-state index in [1.165, 1.54) is 24.3 Å². The van der Waals surface area contributed by atoms with Crippen molar-refractivity contribution in [2.45, 2.75) is 26.7 Å². The molecule has 184 valence electrons. The molecule has 4 rings (SSSR count). The zero-order valence-electron chi connectivity index (χ0n) is 19.7. The first kappa shape index (κ1) is 24.4. The maximum Gasteiger partial charge on any atom is 0.326 e. The van der Waals surface area contributed by atoms with Gasteiger partial charge < -0.3 is 20.7 Å². The van der Waals surface area contributed by atoms with Crippen LogP contribution in [-0.2, 0) is 9.59 Å². The van der Waals surface area contributed by atoms with E-state index in [2.05, 4.69) is 20.9 Å². The minimum atomic E-state index is -0.942. The number of hydrogen-bond donors (Lipinski definition) is 5. The number of carboxylic acids is 1. The molecule has 36 heavy (non-hydrogen) atoms. The number of aliphatic carboxylic acids is 1. The highest BCUT2D eigenvalue weighted by molar-refractivity contribution is 6.35. The van der Waals surface area contributed by atoms with Crippen LogP contribution in [0, 0.1) is 19.7 Å². The molecule has 0 saturated carbocycles. The summed E-state index contributed by atoms with van der Waals surface area (Å²) in [7, 11) is 0. The molecule has 0 radical (unpaired) electrons. The van der Waals surface area contributed by atoms with E-state index in [4.69, 9.17) is 0 Å². The molecule has 0 fully saturated rings. The van der Waals surface area contributed by atoms with E-state index < -0.39 is 29.6 Å². The summed E-state index contributed by atoms with van der Waals surface area (Å²) in [6.07, 6.45) is 1.66. The molecular formula is C26H23FN4O5. The third kappa shape index (κ3) is 4.61. The molecule has 0 saturated heterocycles. The second-order valence-corrected chi connectivity index (χ2v) is 8.42. The second-order valence-electron chi connectivity index (χ2n) is 8.42. The lowest BCUT2D eigenvalue weighted by Gasteiger charge is -2.09. The highest BCUT2D eigenvalue weighted by atomic mass is 19.1. The summed E-state index contributed by atoms with van der Waals surface area (Å²) < 4.78 is 13.8. The van der Waals surface area contributed by atoms with Gasteiger partial charge in [-0.15, -0.1) is 0 Å². The number of nitrogens with one attached hydrogen (secondary N) is 4. The SMILES string of the molecule is Cc1[nH]c(C=C2C(=O)Nc3cc(NC(=O)NC(=O)c4ccccc4F)ccc32)c(C)c1C(C)C(=O)O. The lowest BCUT2D eigenvalue weighted by molar-refractivity contribution is -0.138. The maximum atomic E-state index is 13.8. The minimum Gasteiger partial charge on any atom is -0.481 e. The van der Waals surface area contributed by atoms with Gasteiger partial charge in [-0.05, 0) is 62.2 Å². The fourth-order valence-corrected chi connectivity index (χ4v) is 4.24. The summed E-state index contributed by atoms with van der Waals surface area (Å²) in [4.78, 5) is 51.7. The summed E-state index contributed by atoms with van der Waals surface area (Å²) >= 11 is 0. The Balaban J connectivity index is 1.54. The number of carbonyl (C=O) groups is 4. The largest absolute Gasteiger partial charge is 0.481 e. The van der Waals surface area contributed by atoms with Gasteiger partial charge in [0.1, 0.15) is 5.82 Å². The third-order valence-corrected chi connectivity index (χ3v) is 6.03. The molecule has 10 heteroatoms. The van der Waals surface area contributed by atoms with Crippen LogP contribution in [0.1, 0.15) is 51.3 Å².